The lowest BCUT2D eigenvalue weighted by molar-refractivity contribution is -0.131. The van der Waals surface area contributed by atoms with E-state index in [1.54, 1.807) is 29.4 Å². The largest absolute Gasteiger partial charge is 0.340 e. The number of rotatable bonds is 5. The highest BCUT2D eigenvalue weighted by Crippen LogP contribution is 2.32. The van der Waals surface area contributed by atoms with E-state index in [-0.39, 0.29) is 11.7 Å². The van der Waals surface area contributed by atoms with Gasteiger partial charge in [-0.3, -0.25) is 9.69 Å². The number of piperidine rings is 1. The van der Waals surface area contributed by atoms with E-state index in [4.69, 9.17) is 4.98 Å². The molecular formula is C22H24FN3OS. The van der Waals surface area contributed by atoms with Crippen LogP contribution in [0.15, 0.2) is 48.5 Å². The smallest absolute Gasteiger partial charge is 0.236 e. The van der Waals surface area contributed by atoms with Crippen LogP contribution in [-0.2, 0) is 11.3 Å². The van der Waals surface area contributed by atoms with E-state index < -0.39 is 0 Å². The summed E-state index contributed by atoms with van der Waals surface area (Å²) in [4.78, 5) is 21.4. The number of carbonyl (C=O) groups excluding carboxylic acids is 1. The lowest BCUT2D eigenvalue weighted by Crippen LogP contribution is -2.42. The van der Waals surface area contributed by atoms with E-state index in [1.807, 2.05) is 18.2 Å². The van der Waals surface area contributed by atoms with E-state index in [0.29, 0.717) is 19.0 Å². The van der Waals surface area contributed by atoms with E-state index in [9.17, 15) is 9.18 Å². The maximum atomic E-state index is 13.4. The van der Waals surface area contributed by atoms with Gasteiger partial charge in [0.2, 0.25) is 5.91 Å². The summed E-state index contributed by atoms with van der Waals surface area (Å²) in [6.45, 7) is 2.61. The van der Waals surface area contributed by atoms with Crippen molar-refractivity contribution >= 4 is 27.5 Å². The van der Waals surface area contributed by atoms with Crippen LogP contribution >= 0.6 is 11.3 Å². The van der Waals surface area contributed by atoms with Gasteiger partial charge in [-0.1, -0.05) is 24.3 Å². The van der Waals surface area contributed by atoms with Gasteiger partial charge < -0.3 is 4.90 Å². The molecule has 4 rings (SSSR count). The Morgan fingerprint density at radius 2 is 2.14 bits per heavy atom. The van der Waals surface area contributed by atoms with Gasteiger partial charge >= 0.3 is 0 Å². The number of amides is 1. The Balaban J connectivity index is 1.37. The summed E-state index contributed by atoms with van der Waals surface area (Å²) < 4.78 is 14.6. The Kier molecular flexibility index (Phi) is 5.69. The van der Waals surface area contributed by atoms with Crippen molar-refractivity contribution in [2.45, 2.75) is 25.3 Å². The van der Waals surface area contributed by atoms with Crippen LogP contribution in [0.5, 0.6) is 0 Å². The molecule has 1 aromatic heterocycles. The van der Waals surface area contributed by atoms with Crippen LogP contribution in [0.2, 0.25) is 0 Å². The minimum Gasteiger partial charge on any atom is -0.340 e. The fraction of sp³-hybridized carbons (Fsp3) is 0.364. The number of thiazole rings is 1. The van der Waals surface area contributed by atoms with Crippen LogP contribution in [0.4, 0.5) is 4.39 Å². The predicted molar refractivity (Wildman–Crippen MR) is 111 cm³/mol. The van der Waals surface area contributed by atoms with Gasteiger partial charge in [0.25, 0.3) is 0 Å². The second-order valence-corrected chi connectivity index (χ2v) is 8.54. The predicted octanol–water partition coefficient (Wildman–Crippen LogP) is 4.27. The number of nitrogens with zero attached hydrogens (tertiary/aromatic N) is 3. The van der Waals surface area contributed by atoms with Crippen LogP contribution in [0.25, 0.3) is 10.2 Å². The van der Waals surface area contributed by atoms with Gasteiger partial charge in [0, 0.05) is 26.1 Å². The summed E-state index contributed by atoms with van der Waals surface area (Å²) in [7, 11) is 1.78. The summed E-state index contributed by atoms with van der Waals surface area (Å²) >= 11 is 1.77. The summed E-state index contributed by atoms with van der Waals surface area (Å²) in [5, 5.41) is 1.17. The molecule has 0 N–H and O–H groups in total. The Hall–Kier alpha value is -2.31. The van der Waals surface area contributed by atoms with Crippen molar-refractivity contribution in [3.8, 4) is 0 Å². The van der Waals surface area contributed by atoms with Crippen molar-refractivity contribution in [3.05, 3.63) is 64.9 Å². The summed E-state index contributed by atoms with van der Waals surface area (Å²) in [5.74, 6) is 0.176. The molecule has 0 spiro atoms. The number of aromatic nitrogens is 1. The Labute approximate surface area is 168 Å². The molecule has 0 aliphatic carbocycles. The van der Waals surface area contributed by atoms with Gasteiger partial charge in [0.15, 0.2) is 0 Å². The number of likely N-dealkylation sites (tertiary alicyclic amines) is 1. The first-order chi connectivity index (χ1) is 13.6. The highest BCUT2D eigenvalue weighted by molar-refractivity contribution is 7.18. The first-order valence-corrected chi connectivity index (χ1v) is 10.5. The average molecular weight is 398 g/mol. The van der Waals surface area contributed by atoms with Crippen LogP contribution in [-0.4, -0.2) is 47.4 Å². The van der Waals surface area contributed by atoms with Gasteiger partial charge in [0.1, 0.15) is 5.82 Å². The van der Waals surface area contributed by atoms with E-state index in [2.05, 4.69) is 17.0 Å². The number of fused-ring (bicyclic) bond motifs is 1. The third-order valence-corrected chi connectivity index (χ3v) is 6.46. The second kappa shape index (κ2) is 8.37. The molecule has 0 unspecified atom stereocenters. The van der Waals surface area contributed by atoms with Gasteiger partial charge in [-0.05, 0) is 49.2 Å². The Morgan fingerprint density at radius 3 is 2.96 bits per heavy atom. The number of hydrogen-bond donors (Lipinski definition) is 0. The number of halogens is 1. The van der Waals surface area contributed by atoms with Gasteiger partial charge in [-0.15, -0.1) is 11.3 Å². The van der Waals surface area contributed by atoms with Crippen LogP contribution in [0.3, 0.4) is 0 Å². The minimum atomic E-state index is -0.270. The average Bonchev–Trinajstić information content (AvgIpc) is 3.12. The first-order valence-electron chi connectivity index (χ1n) is 9.65. The summed E-state index contributed by atoms with van der Waals surface area (Å²) in [5.41, 5.74) is 1.87. The third kappa shape index (κ3) is 4.39. The molecule has 146 valence electrons. The monoisotopic (exact) mass is 397 g/mol. The number of hydrogen-bond acceptors (Lipinski definition) is 4. The molecule has 0 radical (unpaired) electrons. The molecule has 1 aliphatic rings. The molecule has 0 bridgehead atoms. The lowest BCUT2D eigenvalue weighted by atomic mass is 9.98. The maximum absolute atomic E-state index is 13.4. The fourth-order valence-electron chi connectivity index (χ4n) is 3.77. The van der Waals surface area contributed by atoms with Crippen molar-refractivity contribution < 1.29 is 9.18 Å². The molecule has 1 fully saturated rings. The lowest BCUT2D eigenvalue weighted by Gasteiger charge is -2.32. The third-order valence-electron chi connectivity index (χ3n) is 5.26. The van der Waals surface area contributed by atoms with Crippen LogP contribution < -0.4 is 0 Å². The standard InChI is InChI=1S/C22H24FN3OS/c1-25(13-16-6-4-8-18(23)12-16)21(27)15-26-11-5-7-17(14-26)22-24-19-9-2-3-10-20(19)28-22/h2-4,6,8-10,12,17H,5,7,11,13-15H2,1H3/t17-/m0/s1. The summed E-state index contributed by atoms with van der Waals surface area (Å²) in [6, 6.07) is 14.7. The molecule has 2 aromatic carbocycles. The number of likely N-dealkylation sites (N-methyl/N-ethyl adjacent to an activating group) is 1. The zero-order chi connectivity index (χ0) is 19.5. The van der Waals surface area contributed by atoms with Crippen molar-refractivity contribution in [1.29, 1.82) is 0 Å². The molecule has 28 heavy (non-hydrogen) atoms. The Bertz CT molecular complexity index is 940. The van der Waals surface area contributed by atoms with Crippen LogP contribution in [0, 0.1) is 5.82 Å². The summed E-state index contributed by atoms with van der Waals surface area (Å²) in [6.07, 6.45) is 2.19. The second-order valence-electron chi connectivity index (χ2n) is 7.47. The maximum Gasteiger partial charge on any atom is 0.236 e. The van der Waals surface area contributed by atoms with Crippen molar-refractivity contribution in [2.75, 3.05) is 26.7 Å². The van der Waals surface area contributed by atoms with Gasteiger partial charge in [-0.25, -0.2) is 9.37 Å². The highest BCUT2D eigenvalue weighted by atomic mass is 32.1. The van der Waals surface area contributed by atoms with Crippen molar-refractivity contribution in [3.63, 3.8) is 0 Å². The Morgan fingerprint density at radius 1 is 1.29 bits per heavy atom. The van der Waals surface area contributed by atoms with Gasteiger partial charge in [0.05, 0.1) is 21.8 Å². The molecule has 1 saturated heterocycles. The molecule has 6 heteroatoms. The molecule has 4 nitrogen and oxygen atoms in total. The molecule has 0 saturated carbocycles. The molecule has 3 aromatic rings. The highest BCUT2D eigenvalue weighted by Gasteiger charge is 2.26. The molecule has 1 atom stereocenters. The number of carbonyl (C=O) groups is 1. The van der Waals surface area contributed by atoms with Crippen LogP contribution in [0.1, 0.15) is 29.3 Å². The number of para-hydroxylation sites is 1. The fourth-order valence-corrected chi connectivity index (χ4v) is 4.87. The first kappa shape index (κ1) is 19.0. The molecule has 1 aliphatic heterocycles. The topological polar surface area (TPSA) is 36.4 Å². The van der Waals surface area contributed by atoms with Gasteiger partial charge in [-0.2, -0.15) is 0 Å². The van der Waals surface area contributed by atoms with Crippen molar-refractivity contribution in [2.24, 2.45) is 0 Å². The van der Waals surface area contributed by atoms with E-state index in [0.717, 1.165) is 37.0 Å². The van der Waals surface area contributed by atoms with E-state index in [1.165, 1.54) is 21.8 Å². The molecule has 2 heterocycles. The number of benzene rings is 2. The SMILES string of the molecule is CN(Cc1cccc(F)c1)C(=O)CN1CCC[C@H](c2nc3ccccc3s2)C1. The zero-order valence-electron chi connectivity index (χ0n) is 16.0. The quantitative estimate of drug-likeness (QED) is 0.645. The molecular weight excluding hydrogens is 373 g/mol. The van der Waals surface area contributed by atoms with E-state index >= 15 is 0 Å². The van der Waals surface area contributed by atoms with Crippen molar-refractivity contribution in [1.82, 2.24) is 14.8 Å². The molecule has 1 amide bonds. The zero-order valence-corrected chi connectivity index (χ0v) is 16.8. The normalized spacial score (nSPS) is 17.7. The minimum absolute atomic E-state index is 0.0641.